The Morgan fingerprint density at radius 2 is 2.29 bits per heavy atom. The molecule has 0 radical (unpaired) electrons. The molecule has 0 saturated heterocycles. The number of hydrogen-bond acceptors (Lipinski definition) is 3. The minimum Gasteiger partial charge on any atom is -0.399 e. The fraction of sp³-hybridized carbons (Fsp3) is 0.364. The zero-order chi connectivity index (χ0) is 9.97. The maximum atomic E-state index is 5.71. The van der Waals surface area contributed by atoms with Crippen molar-refractivity contribution < 1.29 is 0 Å². The van der Waals surface area contributed by atoms with Crippen molar-refractivity contribution in [2.75, 3.05) is 5.73 Å². The average Bonchev–Trinajstić information content (AvgIpc) is 2.56. The van der Waals surface area contributed by atoms with Crippen molar-refractivity contribution in [1.29, 1.82) is 0 Å². The van der Waals surface area contributed by atoms with E-state index in [1.165, 1.54) is 22.5 Å². The van der Waals surface area contributed by atoms with Crippen LogP contribution in [-0.4, -0.2) is 4.98 Å². The van der Waals surface area contributed by atoms with E-state index in [1.54, 1.807) is 11.3 Å². The highest BCUT2D eigenvalue weighted by atomic mass is 32.1. The molecule has 0 aliphatic rings. The molecular formula is C11H14N2S. The molecular weight excluding hydrogens is 192 g/mol. The maximum absolute atomic E-state index is 5.71. The summed E-state index contributed by atoms with van der Waals surface area (Å²) in [5.74, 6) is 0. The molecule has 3 heteroatoms. The van der Waals surface area contributed by atoms with Crippen molar-refractivity contribution in [1.82, 2.24) is 4.98 Å². The van der Waals surface area contributed by atoms with Gasteiger partial charge in [0.1, 0.15) is 0 Å². The lowest BCUT2D eigenvalue weighted by Crippen LogP contribution is -1.82. The summed E-state index contributed by atoms with van der Waals surface area (Å²) in [5.41, 5.74) is 7.61. The van der Waals surface area contributed by atoms with Gasteiger partial charge >= 0.3 is 0 Å². The fourth-order valence-electron chi connectivity index (χ4n) is 1.42. The second kappa shape index (κ2) is 3.96. The maximum Gasteiger partial charge on any atom is 0.0938 e. The number of anilines is 1. The van der Waals surface area contributed by atoms with Crippen LogP contribution >= 0.6 is 11.3 Å². The number of thiazole rings is 1. The normalized spacial score (nSPS) is 10.9. The third-order valence-electron chi connectivity index (χ3n) is 2.20. The van der Waals surface area contributed by atoms with E-state index in [0.717, 1.165) is 17.6 Å². The molecule has 0 aliphatic heterocycles. The van der Waals surface area contributed by atoms with Crippen LogP contribution in [0.4, 0.5) is 5.69 Å². The fourth-order valence-corrected chi connectivity index (χ4v) is 2.48. The van der Waals surface area contributed by atoms with Gasteiger partial charge in [0.2, 0.25) is 0 Å². The van der Waals surface area contributed by atoms with Gasteiger partial charge in [-0.25, -0.2) is 4.98 Å². The van der Waals surface area contributed by atoms with E-state index >= 15 is 0 Å². The van der Waals surface area contributed by atoms with Gasteiger partial charge in [0, 0.05) is 5.69 Å². The molecule has 0 spiro atoms. The predicted molar refractivity (Wildman–Crippen MR) is 62.6 cm³/mol. The molecule has 14 heavy (non-hydrogen) atoms. The SMILES string of the molecule is CCCCc1nc2ccc(N)cc2s1. The Morgan fingerprint density at radius 3 is 3.07 bits per heavy atom. The summed E-state index contributed by atoms with van der Waals surface area (Å²) >= 11 is 1.76. The van der Waals surface area contributed by atoms with E-state index in [-0.39, 0.29) is 0 Å². The lowest BCUT2D eigenvalue weighted by atomic mass is 10.2. The van der Waals surface area contributed by atoms with Crippen molar-refractivity contribution in [3.63, 3.8) is 0 Å². The van der Waals surface area contributed by atoms with Gasteiger partial charge in [0.15, 0.2) is 0 Å². The van der Waals surface area contributed by atoms with E-state index in [1.807, 2.05) is 18.2 Å². The highest BCUT2D eigenvalue weighted by Crippen LogP contribution is 2.24. The van der Waals surface area contributed by atoms with Crippen molar-refractivity contribution in [2.24, 2.45) is 0 Å². The third kappa shape index (κ3) is 1.87. The molecule has 0 fully saturated rings. The van der Waals surface area contributed by atoms with E-state index in [0.29, 0.717) is 0 Å². The molecule has 1 aromatic carbocycles. The van der Waals surface area contributed by atoms with Gasteiger partial charge in [0.05, 0.1) is 15.2 Å². The Balaban J connectivity index is 2.32. The predicted octanol–water partition coefficient (Wildman–Crippen LogP) is 3.22. The number of nitrogens with zero attached hydrogens (tertiary/aromatic N) is 1. The molecule has 0 amide bonds. The lowest BCUT2D eigenvalue weighted by Gasteiger charge is -1.89. The molecule has 74 valence electrons. The van der Waals surface area contributed by atoms with Crippen LogP contribution in [0.2, 0.25) is 0 Å². The zero-order valence-corrected chi connectivity index (χ0v) is 9.10. The number of unbranched alkanes of at least 4 members (excludes halogenated alkanes) is 1. The van der Waals surface area contributed by atoms with Gasteiger partial charge in [-0.1, -0.05) is 13.3 Å². The standard InChI is InChI=1S/C11H14N2S/c1-2-3-4-11-13-9-6-5-8(12)7-10(9)14-11/h5-7H,2-4,12H2,1H3. The zero-order valence-electron chi connectivity index (χ0n) is 8.29. The van der Waals surface area contributed by atoms with Crippen LogP contribution in [0.15, 0.2) is 18.2 Å². The number of fused-ring (bicyclic) bond motifs is 1. The summed E-state index contributed by atoms with van der Waals surface area (Å²) < 4.78 is 1.20. The number of hydrogen-bond donors (Lipinski definition) is 1. The molecule has 0 atom stereocenters. The lowest BCUT2D eigenvalue weighted by molar-refractivity contribution is 0.791. The Morgan fingerprint density at radius 1 is 1.43 bits per heavy atom. The number of aryl methyl sites for hydroxylation is 1. The second-order valence-corrected chi connectivity index (χ2v) is 4.55. The van der Waals surface area contributed by atoms with Gasteiger partial charge in [-0.2, -0.15) is 0 Å². The van der Waals surface area contributed by atoms with E-state index in [4.69, 9.17) is 5.73 Å². The van der Waals surface area contributed by atoms with E-state index < -0.39 is 0 Å². The largest absolute Gasteiger partial charge is 0.399 e. The van der Waals surface area contributed by atoms with Gasteiger partial charge in [-0.05, 0) is 31.0 Å². The van der Waals surface area contributed by atoms with Gasteiger partial charge in [0.25, 0.3) is 0 Å². The number of aromatic nitrogens is 1. The highest BCUT2D eigenvalue weighted by Gasteiger charge is 2.02. The summed E-state index contributed by atoms with van der Waals surface area (Å²) in [6.45, 7) is 2.20. The quantitative estimate of drug-likeness (QED) is 0.783. The summed E-state index contributed by atoms with van der Waals surface area (Å²) in [6.07, 6.45) is 3.53. The molecule has 0 bridgehead atoms. The topological polar surface area (TPSA) is 38.9 Å². The molecule has 0 saturated carbocycles. The van der Waals surface area contributed by atoms with Crippen LogP contribution in [0.3, 0.4) is 0 Å². The Bertz CT molecular complexity index is 434. The summed E-state index contributed by atoms with van der Waals surface area (Å²) in [6, 6.07) is 5.91. The number of nitrogens with two attached hydrogens (primary N) is 1. The van der Waals surface area contributed by atoms with Crippen LogP contribution in [-0.2, 0) is 6.42 Å². The molecule has 2 N–H and O–H groups in total. The highest BCUT2D eigenvalue weighted by molar-refractivity contribution is 7.18. The molecule has 1 heterocycles. The molecule has 2 aromatic rings. The third-order valence-corrected chi connectivity index (χ3v) is 3.28. The summed E-state index contributed by atoms with van der Waals surface area (Å²) in [7, 11) is 0. The second-order valence-electron chi connectivity index (χ2n) is 3.44. The van der Waals surface area contributed by atoms with Crippen LogP contribution in [0.5, 0.6) is 0 Å². The molecule has 0 aliphatic carbocycles. The van der Waals surface area contributed by atoms with Crippen LogP contribution < -0.4 is 5.73 Å². The van der Waals surface area contributed by atoms with Crippen molar-refractivity contribution in [3.05, 3.63) is 23.2 Å². The van der Waals surface area contributed by atoms with E-state index in [9.17, 15) is 0 Å². The number of nitrogen functional groups attached to an aromatic ring is 1. The van der Waals surface area contributed by atoms with Gasteiger partial charge in [-0.3, -0.25) is 0 Å². The molecule has 2 rings (SSSR count). The first-order valence-electron chi connectivity index (χ1n) is 4.94. The first-order valence-corrected chi connectivity index (χ1v) is 5.76. The van der Waals surface area contributed by atoms with Crippen molar-refractivity contribution >= 4 is 27.2 Å². The van der Waals surface area contributed by atoms with Gasteiger partial charge < -0.3 is 5.73 Å². The summed E-state index contributed by atoms with van der Waals surface area (Å²) in [4.78, 5) is 4.55. The van der Waals surface area contributed by atoms with Gasteiger partial charge in [-0.15, -0.1) is 11.3 Å². The van der Waals surface area contributed by atoms with Crippen LogP contribution in [0, 0.1) is 0 Å². The first-order chi connectivity index (χ1) is 6.79. The molecule has 2 nitrogen and oxygen atoms in total. The monoisotopic (exact) mass is 206 g/mol. The minimum absolute atomic E-state index is 0.822. The minimum atomic E-state index is 0.822. The first kappa shape index (κ1) is 9.46. The number of benzene rings is 1. The Hall–Kier alpha value is -1.09. The van der Waals surface area contributed by atoms with E-state index in [2.05, 4.69) is 11.9 Å². The smallest absolute Gasteiger partial charge is 0.0938 e. The van der Waals surface area contributed by atoms with Crippen molar-refractivity contribution in [3.8, 4) is 0 Å². The summed E-state index contributed by atoms with van der Waals surface area (Å²) in [5, 5.41) is 1.23. The van der Waals surface area contributed by atoms with Crippen LogP contribution in [0.25, 0.3) is 10.2 Å². The average molecular weight is 206 g/mol. The molecule has 0 unspecified atom stereocenters. The molecule has 1 aromatic heterocycles. The number of rotatable bonds is 3. The van der Waals surface area contributed by atoms with Crippen molar-refractivity contribution in [2.45, 2.75) is 26.2 Å². The Kier molecular flexibility index (Phi) is 2.68. The van der Waals surface area contributed by atoms with Crippen LogP contribution in [0.1, 0.15) is 24.8 Å². The Labute approximate surface area is 87.8 Å².